The summed E-state index contributed by atoms with van der Waals surface area (Å²) in [5, 5.41) is 3.92. The third kappa shape index (κ3) is 11.6. The fraction of sp³-hybridized carbons (Fsp3) is 0.0952. The predicted molar refractivity (Wildman–Crippen MR) is 96.9 cm³/mol. The smallest absolute Gasteiger partial charge is 0.0806 e. The Bertz CT molecular complexity index is 423. The normalized spacial score (nSPS) is 16.0. The molecule has 0 atom stereocenters. The Morgan fingerprint density at radius 3 is 1.50 bits per heavy atom. The van der Waals surface area contributed by atoms with Crippen LogP contribution >= 0.6 is 0 Å². The van der Waals surface area contributed by atoms with E-state index >= 15 is 0 Å². The van der Waals surface area contributed by atoms with E-state index in [-0.39, 0.29) is 27.6 Å². The van der Waals surface area contributed by atoms with Crippen molar-refractivity contribution in [2.45, 2.75) is 13.8 Å². The molecule has 1 aromatic rings. The van der Waals surface area contributed by atoms with Crippen LogP contribution in [0.15, 0.2) is 42.0 Å². The Morgan fingerprint density at radius 2 is 1.17 bits per heavy atom. The minimum atomic E-state index is -0.172. The first-order valence-electron chi connectivity index (χ1n) is 7.51. The molecule has 0 aliphatic heterocycles. The Hall–Kier alpha value is -0.856. The van der Waals surface area contributed by atoms with Crippen molar-refractivity contribution in [1.82, 2.24) is 0 Å². The molecule has 0 N–H and O–H groups in total. The largest absolute Gasteiger partial charge is 0.623 e. The Labute approximate surface area is 163 Å². The molecule has 2 saturated carbocycles. The van der Waals surface area contributed by atoms with Crippen LogP contribution in [0.1, 0.15) is 13.8 Å². The molecule has 3 heteroatoms. The Balaban J connectivity index is 0.000000393. The van der Waals surface area contributed by atoms with Crippen LogP contribution in [0.4, 0.5) is 5.69 Å². The van der Waals surface area contributed by atoms with Gasteiger partial charge in [-0.2, -0.15) is 0 Å². The number of nitrogens with zero attached hydrogens (tertiary/aromatic N) is 1. The molecule has 2 nitrogen and oxygen atoms in total. The molecular formula is C21H22NOTi-. The van der Waals surface area contributed by atoms with Crippen molar-refractivity contribution in [3.63, 3.8) is 0 Å². The molecule has 2 aliphatic carbocycles. The number of amides is 1. The maximum atomic E-state index is 11.3. The standard InChI is InChI=1S/C11H13NO.2C5H5.Ti/c1-3-9(2)11(13)12-10-7-5-4-6-8-10;2*1-2-4-5-3-1;/h3-8H,1-2H3,(H,12,13);2*1-5H;/p-1/b9-3-;;;. The number of para-hydroxylation sites is 1. The predicted octanol–water partition coefficient (Wildman–Crippen LogP) is 5.23. The second-order valence-electron chi connectivity index (χ2n) is 4.65. The van der Waals surface area contributed by atoms with Gasteiger partial charge in [0.05, 0.1) is 5.91 Å². The van der Waals surface area contributed by atoms with Crippen molar-refractivity contribution in [3.8, 4) is 0 Å². The summed E-state index contributed by atoms with van der Waals surface area (Å²) in [5.74, 6) is -0.172. The molecule has 0 unspecified atom stereocenters. The van der Waals surface area contributed by atoms with Gasteiger partial charge in [0, 0.05) is 21.7 Å². The van der Waals surface area contributed by atoms with Crippen LogP contribution in [-0.4, -0.2) is 5.91 Å². The molecule has 1 amide bonds. The summed E-state index contributed by atoms with van der Waals surface area (Å²) in [6, 6.07) is 9.22. The molecule has 0 bridgehead atoms. The summed E-state index contributed by atoms with van der Waals surface area (Å²) in [4.78, 5) is 11.3. The zero-order valence-corrected chi connectivity index (χ0v) is 15.7. The van der Waals surface area contributed by atoms with Gasteiger partial charge in [-0.25, -0.2) is 0 Å². The van der Waals surface area contributed by atoms with Crippen LogP contribution in [-0.2, 0) is 26.5 Å². The van der Waals surface area contributed by atoms with Crippen molar-refractivity contribution in [2.75, 3.05) is 0 Å². The summed E-state index contributed by atoms with van der Waals surface area (Å²) in [6.07, 6.45) is 21.8. The van der Waals surface area contributed by atoms with E-state index in [1.807, 2.05) is 89.3 Å². The molecule has 2 aliphatic rings. The van der Waals surface area contributed by atoms with Gasteiger partial charge in [-0.05, 0) is 83.6 Å². The first-order valence-corrected chi connectivity index (χ1v) is 7.51. The summed E-state index contributed by atoms with van der Waals surface area (Å²) >= 11 is 0. The summed E-state index contributed by atoms with van der Waals surface area (Å²) in [6.45, 7) is 3.59. The van der Waals surface area contributed by atoms with E-state index in [1.54, 1.807) is 25.1 Å². The molecule has 0 saturated heterocycles. The number of hydrogen-bond acceptors (Lipinski definition) is 1. The second kappa shape index (κ2) is 15.7. The molecule has 0 aromatic heterocycles. The topological polar surface area (TPSA) is 31.2 Å². The average Bonchev–Trinajstić information content (AvgIpc) is 3.32. The fourth-order valence-corrected chi connectivity index (χ4v) is 1.47. The second-order valence-corrected chi connectivity index (χ2v) is 4.65. The Kier molecular flexibility index (Phi) is 15.1. The summed E-state index contributed by atoms with van der Waals surface area (Å²) in [7, 11) is 0. The van der Waals surface area contributed by atoms with Crippen molar-refractivity contribution in [3.05, 3.63) is 112 Å². The van der Waals surface area contributed by atoms with Gasteiger partial charge in [-0.3, -0.25) is 0 Å². The van der Waals surface area contributed by atoms with Crippen LogP contribution in [0, 0.1) is 64.2 Å². The Morgan fingerprint density at radius 1 is 0.792 bits per heavy atom. The number of rotatable bonds is 2. The zero-order chi connectivity index (χ0) is 16.8. The molecule has 122 valence electrons. The summed E-state index contributed by atoms with van der Waals surface area (Å²) in [5.41, 5.74) is 1.37. The van der Waals surface area contributed by atoms with E-state index in [2.05, 4.69) is 5.32 Å². The maximum absolute atomic E-state index is 11.3. The van der Waals surface area contributed by atoms with Crippen molar-refractivity contribution >= 4 is 11.6 Å². The molecule has 24 heavy (non-hydrogen) atoms. The van der Waals surface area contributed by atoms with Gasteiger partial charge in [0.25, 0.3) is 0 Å². The van der Waals surface area contributed by atoms with Gasteiger partial charge in [0.2, 0.25) is 0 Å². The fourth-order valence-electron chi connectivity index (χ4n) is 1.47. The number of carbonyl (C=O) groups excluding carboxylic acids is 1. The van der Waals surface area contributed by atoms with E-state index < -0.39 is 0 Å². The van der Waals surface area contributed by atoms with Gasteiger partial charge >= 0.3 is 0 Å². The third-order valence-corrected chi connectivity index (χ3v) is 2.87. The third-order valence-electron chi connectivity index (χ3n) is 2.87. The van der Waals surface area contributed by atoms with Crippen molar-refractivity contribution < 1.29 is 26.5 Å². The monoisotopic (exact) mass is 352 g/mol. The van der Waals surface area contributed by atoms with Gasteiger partial charge < -0.3 is 10.1 Å². The molecule has 1 aromatic carbocycles. The zero-order valence-electron chi connectivity index (χ0n) is 14.1. The van der Waals surface area contributed by atoms with Gasteiger partial charge in [-0.1, -0.05) is 36.4 Å². The van der Waals surface area contributed by atoms with Gasteiger partial charge in [0.15, 0.2) is 0 Å². The van der Waals surface area contributed by atoms with Crippen LogP contribution in [0.2, 0.25) is 0 Å². The molecule has 10 radical (unpaired) electrons. The number of benzene rings is 1. The molecule has 0 spiro atoms. The average molecular weight is 352 g/mol. The van der Waals surface area contributed by atoms with Gasteiger partial charge in [0.1, 0.15) is 0 Å². The molecule has 3 rings (SSSR count). The van der Waals surface area contributed by atoms with Crippen molar-refractivity contribution in [1.29, 1.82) is 0 Å². The van der Waals surface area contributed by atoms with Crippen LogP contribution < -0.4 is 0 Å². The quantitative estimate of drug-likeness (QED) is 0.530. The van der Waals surface area contributed by atoms with Crippen LogP contribution in [0.3, 0.4) is 0 Å². The minimum absolute atomic E-state index is 0. The van der Waals surface area contributed by atoms with Gasteiger partial charge in [-0.15, -0.1) is 5.69 Å². The maximum Gasteiger partial charge on any atom is 0.0806 e. The SMILES string of the molecule is C/C=C(/C)C(=O)[N-]c1ccccc1.[CH]1[CH][CH][CH][CH]1.[CH]1[CH][CH][CH][CH]1.[Ti]. The number of carbonyl (C=O) groups is 1. The molecule has 0 heterocycles. The number of hydrogen-bond donors (Lipinski definition) is 0. The number of allylic oxidation sites excluding steroid dienone is 1. The van der Waals surface area contributed by atoms with Crippen LogP contribution in [0.5, 0.6) is 0 Å². The first-order chi connectivity index (χ1) is 11.2. The van der Waals surface area contributed by atoms with E-state index in [9.17, 15) is 4.79 Å². The first kappa shape index (κ1) is 23.1. The molecule has 2 fully saturated rings. The van der Waals surface area contributed by atoms with Crippen molar-refractivity contribution in [2.24, 2.45) is 0 Å². The van der Waals surface area contributed by atoms with E-state index in [0.29, 0.717) is 11.3 Å². The minimum Gasteiger partial charge on any atom is -0.623 e. The van der Waals surface area contributed by atoms with E-state index in [0.717, 1.165) is 0 Å². The van der Waals surface area contributed by atoms with E-state index in [4.69, 9.17) is 0 Å². The van der Waals surface area contributed by atoms with Crippen LogP contribution in [0.25, 0.3) is 5.32 Å². The molecular weight excluding hydrogens is 330 g/mol. The van der Waals surface area contributed by atoms with E-state index in [1.165, 1.54) is 0 Å². The summed E-state index contributed by atoms with van der Waals surface area (Å²) < 4.78 is 0.